The zero-order valence-electron chi connectivity index (χ0n) is 9.47. The first-order valence-corrected chi connectivity index (χ1v) is 7.23. The summed E-state index contributed by atoms with van der Waals surface area (Å²) < 4.78 is 1.21. The minimum absolute atomic E-state index is 0.00760. The lowest BCUT2D eigenvalue weighted by molar-refractivity contribution is 0.679. The molecule has 1 aromatic carbocycles. The van der Waals surface area contributed by atoms with Crippen LogP contribution in [0.4, 0.5) is 0 Å². The fourth-order valence-electron chi connectivity index (χ4n) is 1.70. The van der Waals surface area contributed by atoms with Gasteiger partial charge in [0, 0.05) is 24.2 Å². The van der Waals surface area contributed by atoms with Crippen molar-refractivity contribution < 1.29 is 0 Å². The Morgan fingerprint density at radius 1 is 1.28 bits per heavy atom. The Morgan fingerprint density at radius 2 is 2.17 bits per heavy atom. The van der Waals surface area contributed by atoms with Crippen LogP contribution in [0.1, 0.15) is 10.7 Å². The summed E-state index contributed by atoms with van der Waals surface area (Å²) in [5.41, 5.74) is 1.97. The highest BCUT2D eigenvalue weighted by Crippen LogP contribution is 2.21. The van der Waals surface area contributed by atoms with Gasteiger partial charge in [-0.3, -0.25) is 4.79 Å². The van der Waals surface area contributed by atoms with Crippen LogP contribution >= 0.6 is 22.7 Å². The maximum Gasteiger partial charge on any atom is 0.304 e. The van der Waals surface area contributed by atoms with Gasteiger partial charge in [-0.05, 0) is 12.1 Å². The SMILES string of the molecule is O=c1[nH]c(CNCc2nc3ccccc3s2)cs1. The third kappa shape index (κ3) is 2.50. The molecular formula is C12H11N3OS2. The lowest BCUT2D eigenvalue weighted by atomic mass is 10.3. The number of nitrogens with zero attached hydrogens (tertiary/aromatic N) is 1. The van der Waals surface area contributed by atoms with Crippen LogP contribution in [-0.2, 0) is 13.1 Å². The van der Waals surface area contributed by atoms with Gasteiger partial charge in [0.15, 0.2) is 0 Å². The standard InChI is InChI=1S/C12H11N3OS2/c16-12-14-8(7-17-12)5-13-6-11-15-9-3-1-2-4-10(9)18-11/h1-4,7,13H,5-6H2,(H,14,16). The number of rotatable bonds is 4. The van der Waals surface area contributed by atoms with E-state index in [1.165, 1.54) is 16.0 Å². The Hall–Kier alpha value is -1.50. The Bertz CT molecular complexity index is 680. The number of benzene rings is 1. The van der Waals surface area contributed by atoms with Crippen molar-refractivity contribution >= 4 is 32.9 Å². The second-order valence-corrected chi connectivity index (χ2v) is 5.81. The summed E-state index contributed by atoms with van der Waals surface area (Å²) in [7, 11) is 0. The monoisotopic (exact) mass is 277 g/mol. The normalized spacial score (nSPS) is 11.1. The molecule has 0 saturated carbocycles. The van der Waals surface area contributed by atoms with E-state index < -0.39 is 0 Å². The molecule has 3 rings (SSSR count). The van der Waals surface area contributed by atoms with Crippen LogP contribution < -0.4 is 10.2 Å². The van der Waals surface area contributed by atoms with Crippen LogP contribution in [0.15, 0.2) is 34.4 Å². The lowest BCUT2D eigenvalue weighted by Gasteiger charge is -1.98. The number of aromatic amines is 1. The van der Waals surface area contributed by atoms with E-state index in [1.54, 1.807) is 11.3 Å². The smallest absolute Gasteiger partial charge is 0.304 e. The van der Waals surface area contributed by atoms with Crippen molar-refractivity contribution in [2.45, 2.75) is 13.1 Å². The number of H-pyrrole nitrogens is 1. The molecule has 0 spiro atoms. The van der Waals surface area contributed by atoms with Crippen LogP contribution in [0.2, 0.25) is 0 Å². The molecule has 0 aliphatic heterocycles. The molecule has 0 atom stereocenters. The van der Waals surface area contributed by atoms with Gasteiger partial charge < -0.3 is 10.3 Å². The van der Waals surface area contributed by atoms with Crippen molar-refractivity contribution in [2.75, 3.05) is 0 Å². The van der Waals surface area contributed by atoms with E-state index in [0.717, 1.165) is 22.8 Å². The third-order valence-electron chi connectivity index (χ3n) is 2.50. The average molecular weight is 277 g/mol. The summed E-state index contributed by atoms with van der Waals surface area (Å²) in [4.78, 5) is 18.3. The average Bonchev–Trinajstić information content (AvgIpc) is 2.95. The number of fused-ring (bicyclic) bond motifs is 1. The van der Waals surface area contributed by atoms with Gasteiger partial charge in [-0.15, -0.1) is 11.3 Å². The zero-order chi connectivity index (χ0) is 12.4. The topological polar surface area (TPSA) is 57.8 Å². The van der Waals surface area contributed by atoms with Crippen molar-refractivity contribution in [1.82, 2.24) is 15.3 Å². The van der Waals surface area contributed by atoms with Gasteiger partial charge in [-0.25, -0.2) is 4.98 Å². The number of hydrogen-bond donors (Lipinski definition) is 2. The molecule has 0 fully saturated rings. The van der Waals surface area contributed by atoms with Crippen molar-refractivity contribution in [3.8, 4) is 0 Å². The van der Waals surface area contributed by atoms with E-state index in [-0.39, 0.29) is 4.87 Å². The summed E-state index contributed by atoms with van der Waals surface area (Å²) in [6.45, 7) is 1.38. The van der Waals surface area contributed by atoms with E-state index >= 15 is 0 Å². The second kappa shape index (κ2) is 5.01. The molecule has 0 aliphatic carbocycles. The summed E-state index contributed by atoms with van der Waals surface area (Å²) in [5.74, 6) is 0. The molecule has 0 unspecified atom stereocenters. The quantitative estimate of drug-likeness (QED) is 0.769. The molecule has 3 aromatic rings. The van der Waals surface area contributed by atoms with E-state index in [1.807, 2.05) is 23.6 Å². The van der Waals surface area contributed by atoms with Gasteiger partial charge in [0.25, 0.3) is 0 Å². The Labute approximate surface area is 111 Å². The Morgan fingerprint density at radius 3 is 2.94 bits per heavy atom. The van der Waals surface area contributed by atoms with E-state index in [2.05, 4.69) is 21.4 Å². The van der Waals surface area contributed by atoms with Crippen molar-refractivity contribution in [2.24, 2.45) is 0 Å². The molecule has 0 bridgehead atoms. The highest BCUT2D eigenvalue weighted by atomic mass is 32.1. The highest BCUT2D eigenvalue weighted by Gasteiger charge is 2.03. The Balaban J connectivity index is 1.64. The van der Waals surface area contributed by atoms with Gasteiger partial charge in [-0.2, -0.15) is 0 Å². The summed E-state index contributed by atoms with van der Waals surface area (Å²) >= 11 is 2.89. The molecular weight excluding hydrogens is 266 g/mol. The number of hydrogen-bond acceptors (Lipinski definition) is 5. The zero-order valence-corrected chi connectivity index (χ0v) is 11.1. The molecule has 0 aliphatic rings. The van der Waals surface area contributed by atoms with E-state index in [9.17, 15) is 4.79 Å². The van der Waals surface area contributed by atoms with Crippen molar-refractivity contribution in [1.29, 1.82) is 0 Å². The number of para-hydroxylation sites is 1. The van der Waals surface area contributed by atoms with Crippen LogP contribution in [0.25, 0.3) is 10.2 Å². The first kappa shape index (κ1) is 11.6. The molecule has 0 radical (unpaired) electrons. The van der Waals surface area contributed by atoms with Crippen LogP contribution in [0, 0.1) is 0 Å². The predicted octanol–water partition coefficient (Wildman–Crippen LogP) is 2.34. The summed E-state index contributed by atoms with van der Waals surface area (Å²) in [6.07, 6.45) is 0. The first-order valence-electron chi connectivity index (χ1n) is 5.53. The summed E-state index contributed by atoms with van der Waals surface area (Å²) in [5, 5.41) is 6.18. The lowest BCUT2D eigenvalue weighted by Crippen LogP contribution is -2.13. The fraction of sp³-hybridized carbons (Fsp3) is 0.167. The van der Waals surface area contributed by atoms with Gasteiger partial charge >= 0.3 is 4.87 Å². The van der Waals surface area contributed by atoms with Gasteiger partial charge in [0.2, 0.25) is 0 Å². The molecule has 0 saturated heterocycles. The minimum atomic E-state index is -0.00760. The molecule has 4 nitrogen and oxygen atoms in total. The first-order chi connectivity index (χ1) is 8.81. The predicted molar refractivity (Wildman–Crippen MR) is 75.1 cm³/mol. The molecule has 2 aromatic heterocycles. The van der Waals surface area contributed by atoms with Crippen LogP contribution in [0.5, 0.6) is 0 Å². The Kier molecular flexibility index (Phi) is 3.22. The number of nitrogens with one attached hydrogen (secondary N) is 2. The number of thiazole rings is 2. The minimum Gasteiger partial charge on any atom is -0.315 e. The molecule has 18 heavy (non-hydrogen) atoms. The second-order valence-electron chi connectivity index (χ2n) is 3.85. The maximum atomic E-state index is 11.0. The molecule has 0 amide bonds. The highest BCUT2D eigenvalue weighted by molar-refractivity contribution is 7.18. The van der Waals surface area contributed by atoms with E-state index in [4.69, 9.17) is 0 Å². The molecule has 2 N–H and O–H groups in total. The van der Waals surface area contributed by atoms with Gasteiger partial charge in [0.1, 0.15) is 5.01 Å². The summed E-state index contributed by atoms with van der Waals surface area (Å²) in [6, 6.07) is 8.11. The van der Waals surface area contributed by atoms with Crippen molar-refractivity contribution in [3.05, 3.63) is 50.0 Å². The maximum absolute atomic E-state index is 11.0. The third-order valence-corrected chi connectivity index (χ3v) is 4.26. The molecule has 6 heteroatoms. The van der Waals surface area contributed by atoms with Crippen LogP contribution in [0.3, 0.4) is 0 Å². The molecule has 92 valence electrons. The fourth-order valence-corrected chi connectivity index (χ4v) is 3.22. The van der Waals surface area contributed by atoms with Gasteiger partial charge in [0.05, 0.1) is 10.2 Å². The van der Waals surface area contributed by atoms with Crippen LogP contribution in [-0.4, -0.2) is 9.97 Å². The largest absolute Gasteiger partial charge is 0.315 e. The van der Waals surface area contributed by atoms with Gasteiger partial charge in [-0.1, -0.05) is 23.5 Å². The van der Waals surface area contributed by atoms with Crippen molar-refractivity contribution in [3.63, 3.8) is 0 Å². The number of aromatic nitrogens is 2. The molecule has 2 heterocycles. The van der Waals surface area contributed by atoms with E-state index in [0.29, 0.717) is 6.54 Å².